The minimum atomic E-state index is -3.77. The van der Waals surface area contributed by atoms with Crippen molar-refractivity contribution in [3.05, 3.63) is 86.0 Å². The molecule has 24 heteroatoms. The van der Waals surface area contributed by atoms with Gasteiger partial charge < -0.3 is 47.8 Å². The molecule has 0 spiro atoms. The zero-order chi connectivity index (χ0) is 48.1. The van der Waals surface area contributed by atoms with Crippen molar-refractivity contribution in [2.24, 2.45) is 0 Å². The molecule has 360 valence electrons. The molecule has 6 rings (SSSR count). The number of nitrogens with one attached hydrogen (secondary N) is 4. The second-order valence-corrected chi connectivity index (χ2v) is 20.2. The first-order valence-corrected chi connectivity index (χ1v) is 25.3. The molecule has 0 bridgehead atoms. The number of carbonyl (C=O) groups excluding carboxylic acids is 2. The smallest absolute Gasteiger partial charge is 0.342 e. The molecule has 6 aromatic rings. The molecule has 4 heterocycles. The third-order valence-electron chi connectivity index (χ3n) is 9.46. The molecule has 22 nitrogen and oxygen atoms in total. The summed E-state index contributed by atoms with van der Waals surface area (Å²) in [6.07, 6.45) is 3.70. The van der Waals surface area contributed by atoms with Crippen molar-refractivity contribution >= 4 is 60.9 Å². The number of esters is 2. The van der Waals surface area contributed by atoms with Crippen molar-refractivity contribution in [2.75, 3.05) is 30.0 Å². The lowest BCUT2D eigenvalue weighted by atomic mass is 10.3. The Balaban J connectivity index is 1.05. The van der Waals surface area contributed by atoms with Crippen LogP contribution in [-0.4, -0.2) is 107 Å². The van der Waals surface area contributed by atoms with E-state index in [1.54, 1.807) is 112 Å². The third kappa shape index (κ3) is 14.5. The van der Waals surface area contributed by atoms with E-state index in [9.17, 15) is 18.7 Å². The standard InChI is InChI=1S/C43H58N12O10P2/c1-28(2)62-42(56)32(7)52-66(58,64-34-15-11-9-12-16-34)26-60-30(5)19-54-24-50-36-38(46-22-48-40(36)54)44-21-45-39-37-41(49-23-47-39)55(25-51-37)20-31(6)61-27-67(59,65-35-17-13-10-14-18-35)53-33(8)43(57)63-29(3)4/h9-18,22-25,28-33H,19-21,26-27H2,1-8H3,(H,52,58)(H,53,59)(H,44,46,48)(H,45,47,49)/t30-,31-,32+,33+,66+,67+/m1/s1. The van der Waals surface area contributed by atoms with Crippen molar-refractivity contribution < 1.29 is 46.7 Å². The number of carbonyl (C=O) groups is 2. The van der Waals surface area contributed by atoms with Gasteiger partial charge in [-0.3, -0.25) is 18.7 Å². The fraction of sp³-hybridized carbons (Fsp3) is 0.442. The zero-order valence-electron chi connectivity index (χ0n) is 38.6. The van der Waals surface area contributed by atoms with Gasteiger partial charge in [-0.15, -0.1) is 0 Å². The number of anilines is 2. The molecule has 0 fully saturated rings. The van der Waals surface area contributed by atoms with Crippen molar-refractivity contribution in [2.45, 2.75) is 105 Å². The van der Waals surface area contributed by atoms with Crippen LogP contribution in [0.4, 0.5) is 11.6 Å². The maximum atomic E-state index is 14.1. The van der Waals surface area contributed by atoms with E-state index in [4.69, 9.17) is 28.0 Å². The molecular formula is C43H58N12O10P2. The molecule has 4 N–H and O–H groups in total. The minimum absolute atomic E-state index is 0.177. The van der Waals surface area contributed by atoms with Crippen molar-refractivity contribution in [3.63, 3.8) is 0 Å². The molecule has 0 aliphatic carbocycles. The summed E-state index contributed by atoms with van der Waals surface area (Å²) in [6.45, 7) is 14.4. The van der Waals surface area contributed by atoms with Gasteiger partial charge in [0.1, 0.15) is 60.0 Å². The number of ether oxygens (including phenoxy) is 4. The molecule has 0 aliphatic rings. The Bertz CT molecular complexity index is 2480. The highest BCUT2D eigenvalue weighted by Gasteiger charge is 2.33. The molecule has 0 radical (unpaired) electrons. The monoisotopic (exact) mass is 964 g/mol. The summed E-state index contributed by atoms with van der Waals surface area (Å²) in [5.74, 6) is 0.478. The van der Waals surface area contributed by atoms with E-state index in [1.807, 2.05) is 26.0 Å². The number of benzene rings is 2. The predicted molar refractivity (Wildman–Crippen MR) is 251 cm³/mol. The topological polar surface area (TPSA) is 259 Å². The molecule has 67 heavy (non-hydrogen) atoms. The SMILES string of the molecule is CC(C)OC(=O)[C@H](C)N[P@](=O)(CO[C@H](C)Cn1cnc2c(NCNc3ncnc4c3ncn4C[C@@H](C)OC[P@@](=O)(N[C@@H](C)C(=O)OC(C)C)Oc3ccccc3)ncnc21)Oc1ccccc1. The first kappa shape index (κ1) is 50.4. The van der Waals surface area contributed by atoms with Gasteiger partial charge in [0, 0.05) is 0 Å². The molecule has 0 amide bonds. The van der Waals surface area contributed by atoms with E-state index in [0.717, 1.165) is 0 Å². The van der Waals surface area contributed by atoms with E-state index in [2.05, 4.69) is 50.7 Å². The summed E-state index contributed by atoms with van der Waals surface area (Å²) < 4.78 is 66.2. The lowest BCUT2D eigenvalue weighted by Gasteiger charge is -2.25. The Morgan fingerprint density at radius 2 is 0.955 bits per heavy atom. The quantitative estimate of drug-likeness (QED) is 0.0254. The Labute approximate surface area is 388 Å². The van der Waals surface area contributed by atoms with Crippen LogP contribution in [0.15, 0.2) is 86.0 Å². The average molecular weight is 965 g/mol. The number of hydrogen-bond donors (Lipinski definition) is 4. The highest BCUT2D eigenvalue weighted by atomic mass is 31.2. The largest absolute Gasteiger partial charge is 0.462 e. The van der Waals surface area contributed by atoms with Gasteiger partial charge in [0.15, 0.2) is 22.9 Å². The number of nitrogens with zero attached hydrogens (tertiary/aromatic N) is 8. The van der Waals surface area contributed by atoms with Gasteiger partial charge >= 0.3 is 27.0 Å². The predicted octanol–water partition coefficient (Wildman–Crippen LogP) is 6.58. The van der Waals surface area contributed by atoms with Crippen LogP contribution in [0.1, 0.15) is 55.4 Å². The van der Waals surface area contributed by atoms with E-state index in [0.29, 0.717) is 58.6 Å². The van der Waals surface area contributed by atoms with Gasteiger partial charge in [0.2, 0.25) is 0 Å². The van der Waals surface area contributed by atoms with Crippen LogP contribution in [-0.2, 0) is 50.8 Å². The summed E-state index contributed by atoms with van der Waals surface area (Å²) in [5.41, 5.74) is 2.06. The van der Waals surface area contributed by atoms with Gasteiger partial charge in [-0.2, -0.15) is 0 Å². The minimum Gasteiger partial charge on any atom is -0.462 e. The molecule has 0 saturated carbocycles. The van der Waals surface area contributed by atoms with Gasteiger partial charge in [0.05, 0.1) is 56.8 Å². The van der Waals surface area contributed by atoms with Gasteiger partial charge in [-0.05, 0) is 79.7 Å². The van der Waals surface area contributed by atoms with E-state index >= 15 is 0 Å². The maximum Gasteiger partial charge on any atom is 0.342 e. The number of rotatable bonds is 26. The van der Waals surface area contributed by atoms with Crippen molar-refractivity contribution in [3.8, 4) is 11.5 Å². The van der Waals surface area contributed by atoms with Crippen LogP contribution in [0, 0.1) is 0 Å². The highest BCUT2D eigenvalue weighted by Crippen LogP contribution is 2.45. The van der Waals surface area contributed by atoms with E-state index in [-0.39, 0.29) is 31.6 Å². The summed E-state index contributed by atoms with van der Waals surface area (Å²) in [4.78, 5) is 52.0. The first-order chi connectivity index (χ1) is 32.0. The van der Waals surface area contributed by atoms with Crippen LogP contribution in [0.5, 0.6) is 11.5 Å². The number of aromatic nitrogens is 8. The summed E-state index contributed by atoms with van der Waals surface area (Å²) in [5, 5.41) is 12.1. The number of hydrogen-bond acceptors (Lipinski definition) is 18. The Morgan fingerprint density at radius 3 is 1.33 bits per heavy atom. The molecular weight excluding hydrogens is 906 g/mol. The highest BCUT2D eigenvalue weighted by molar-refractivity contribution is 7.57. The normalized spacial score (nSPS) is 15.3. The summed E-state index contributed by atoms with van der Waals surface area (Å²) in [7, 11) is -7.54. The Kier molecular flexibility index (Phi) is 17.4. The van der Waals surface area contributed by atoms with Crippen LogP contribution in [0.3, 0.4) is 0 Å². The van der Waals surface area contributed by atoms with E-state index < -0.39 is 51.3 Å². The van der Waals surface area contributed by atoms with Crippen molar-refractivity contribution in [1.82, 2.24) is 49.2 Å². The molecule has 4 aromatic heterocycles. The average Bonchev–Trinajstić information content (AvgIpc) is 3.89. The second-order valence-electron chi connectivity index (χ2n) is 16.2. The number of fused-ring (bicyclic) bond motifs is 2. The Hall–Kier alpha value is -6.02. The lowest BCUT2D eigenvalue weighted by Crippen LogP contribution is -2.37. The molecule has 0 unspecified atom stereocenters. The molecule has 6 atom stereocenters. The van der Waals surface area contributed by atoms with Gasteiger partial charge in [-0.25, -0.2) is 40.1 Å². The van der Waals surface area contributed by atoms with Crippen LogP contribution >= 0.6 is 15.0 Å². The maximum absolute atomic E-state index is 14.1. The first-order valence-electron chi connectivity index (χ1n) is 21.7. The van der Waals surface area contributed by atoms with Gasteiger partial charge in [0.25, 0.3) is 0 Å². The van der Waals surface area contributed by atoms with Crippen LogP contribution in [0.2, 0.25) is 0 Å². The van der Waals surface area contributed by atoms with Crippen LogP contribution in [0.25, 0.3) is 22.3 Å². The second kappa shape index (κ2) is 23.1. The zero-order valence-corrected chi connectivity index (χ0v) is 40.4. The van der Waals surface area contributed by atoms with E-state index in [1.165, 1.54) is 12.7 Å². The molecule has 0 saturated heterocycles. The Morgan fingerprint density at radius 1 is 0.567 bits per heavy atom. The van der Waals surface area contributed by atoms with Gasteiger partial charge in [-0.1, -0.05) is 36.4 Å². The number of para-hydroxylation sites is 2. The summed E-state index contributed by atoms with van der Waals surface area (Å²) in [6, 6.07) is 15.4. The van der Waals surface area contributed by atoms with Crippen molar-refractivity contribution in [1.29, 1.82) is 0 Å². The lowest BCUT2D eigenvalue weighted by molar-refractivity contribution is -0.149. The van der Waals surface area contributed by atoms with Crippen LogP contribution < -0.4 is 29.9 Å². The third-order valence-corrected chi connectivity index (χ3v) is 13.0. The molecule has 2 aromatic carbocycles. The molecule has 0 aliphatic heterocycles. The fourth-order valence-electron chi connectivity index (χ4n) is 6.46. The number of imidazole rings is 2. The summed E-state index contributed by atoms with van der Waals surface area (Å²) >= 11 is 0. The fourth-order valence-corrected chi connectivity index (χ4v) is 10.0.